The van der Waals surface area contributed by atoms with Crippen LogP contribution >= 0.6 is 23.0 Å². The lowest BCUT2D eigenvalue weighted by molar-refractivity contribution is 0.0829. The summed E-state index contributed by atoms with van der Waals surface area (Å²) in [5.74, 6) is -0.779. The van der Waals surface area contributed by atoms with E-state index in [9.17, 15) is 14.0 Å². The van der Waals surface area contributed by atoms with E-state index in [4.69, 9.17) is 4.74 Å². The van der Waals surface area contributed by atoms with Crippen molar-refractivity contribution in [3.63, 3.8) is 0 Å². The number of amides is 3. The molecule has 2 aromatic rings. The Morgan fingerprint density at radius 3 is 2.69 bits per heavy atom. The quantitative estimate of drug-likeness (QED) is 0.490. The van der Waals surface area contributed by atoms with Gasteiger partial charge < -0.3 is 9.64 Å². The van der Waals surface area contributed by atoms with Gasteiger partial charge in [0.1, 0.15) is 28.8 Å². The molecular formula is C20H21FIN3O4. The van der Waals surface area contributed by atoms with E-state index < -0.39 is 5.82 Å². The maximum atomic E-state index is 13.8. The molecule has 0 bridgehead atoms. The number of benzene rings is 2. The molecule has 154 valence electrons. The highest BCUT2D eigenvalue weighted by Crippen LogP contribution is 2.21. The summed E-state index contributed by atoms with van der Waals surface area (Å²) in [7, 11) is 0. The van der Waals surface area contributed by atoms with Crippen molar-refractivity contribution in [3.05, 3.63) is 65.5 Å². The van der Waals surface area contributed by atoms with Crippen LogP contribution in [0.5, 0.6) is 0 Å². The number of urea groups is 1. The van der Waals surface area contributed by atoms with E-state index in [1.54, 1.807) is 64.3 Å². The van der Waals surface area contributed by atoms with Crippen molar-refractivity contribution < 1.29 is 21.9 Å². The standard InChI is InChI=1S/C20H21FIN3O4/c21-17-3-1-4-18(13-17)25(20(27)24-9-2-11-28-12-10-24)14-15-5-7-16(8-6-15)19(26)23-29-22/h1,3-8,13H,2,9-12,14H2,(H,23,26). The lowest BCUT2D eigenvalue weighted by atomic mass is 10.1. The number of nitrogens with one attached hydrogen (secondary N) is 1. The van der Waals surface area contributed by atoms with Crippen LogP contribution in [-0.4, -0.2) is 43.1 Å². The fourth-order valence-corrected chi connectivity index (χ4v) is 3.26. The Kier molecular flexibility index (Phi) is 7.78. The number of halogens is 2. The SMILES string of the molecule is O=C(NOI)c1ccc(CN(C(=O)N2CCCOCC2)c2cccc(F)c2)cc1. The van der Waals surface area contributed by atoms with Crippen molar-refractivity contribution in [1.82, 2.24) is 10.4 Å². The number of nitrogens with zero attached hydrogens (tertiary/aromatic N) is 2. The zero-order chi connectivity index (χ0) is 20.6. The minimum atomic E-state index is -0.412. The third kappa shape index (κ3) is 5.87. The molecule has 1 heterocycles. The first-order chi connectivity index (χ1) is 14.1. The molecule has 1 aliphatic rings. The fraction of sp³-hybridized carbons (Fsp3) is 0.300. The van der Waals surface area contributed by atoms with Gasteiger partial charge in [-0.3, -0.25) is 9.69 Å². The predicted octanol–water partition coefficient (Wildman–Crippen LogP) is 3.69. The van der Waals surface area contributed by atoms with E-state index >= 15 is 0 Å². The summed E-state index contributed by atoms with van der Waals surface area (Å²) in [6.45, 7) is 2.41. The molecule has 0 spiro atoms. The highest BCUT2D eigenvalue weighted by atomic mass is 127. The maximum Gasteiger partial charge on any atom is 0.324 e. The zero-order valence-corrected chi connectivity index (χ0v) is 17.8. The Labute approximate surface area is 182 Å². The molecule has 3 rings (SSSR count). The van der Waals surface area contributed by atoms with Gasteiger partial charge in [-0.2, -0.15) is 0 Å². The lowest BCUT2D eigenvalue weighted by Crippen LogP contribution is -2.44. The van der Waals surface area contributed by atoms with Gasteiger partial charge in [-0.1, -0.05) is 18.2 Å². The van der Waals surface area contributed by atoms with Crippen LogP contribution in [0, 0.1) is 5.82 Å². The minimum absolute atomic E-state index is 0.207. The maximum absolute atomic E-state index is 13.8. The number of anilines is 1. The molecule has 1 aliphatic heterocycles. The van der Waals surface area contributed by atoms with Crippen molar-refractivity contribution >= 4 is 40.6 Å². The molecule has 1 N–H and O–H groups in total. The zero-order valence-electron chi connectivity index (χ0n) is 15.6. The number of ether oxygens (including phenoxy) is 1. The highest BCUT2D eigenvalue weighted by molar-refractivity contribution is 14.1. The molecule has 1 saturated heterocycles. The molecule has 2 aromatic carbocycles. The molecule has 3 amide bonds. The average Bonchev–Trinajstić information content (AvgIpc) is 3.02. The third-order valence-electron chi connectivity index (χ3n) is 4.53. The number of carbonyl (C=O) groups is 2. The van der Waals surface area contributed by atoms with Gasteiger partial charge in [0.2, 0.25) is 0 Å². The van der Waals surface area contributed by atoms with Crippen molar-refractivity contribution in [2.24, 2.45) is 0 Å². The van der Waals surface area contributed by atoms with Crippen LogP contribution in [0.1, 0.15) is 22.3 Å². The molecule has 0 atom stereocenters. The van der Waals surface area contributed by atoms with Crippen molar-refractivity contribution in [2.45, 2.75) is 13.0 Å². The second kappa shape index (κ2) is 10.5. The minimum Gasteiger partial charge on any atom is -0.380 e. The van der Waals surface area contributed by atoms with Crippen LogP contribution in [0.25, 0.3) is 0 Å². The van der Waals surface area contributed by atoms with Crippen molar-refractivity contribution in [3.8, 4) is 0 Å². The molecule has 0 aromatic heterocycles. The number of rotatable bonds is 5. The van der Waals surface area contributed by atoms with E-state index in [2.05, 4.69) is 8.65 Å². The topological polar surface area (TPSA) is 71.1 Å². The second-order valence-corrected chi connectivity index (χ2v) is 6.95. The number of hydroxylamine groups is 1. The van der Waals surface area contributed by atoms with E-state index in [0.29, 0.717) is 37.6 Å². The van der Waals surface area contributed by atoms with E-state index in [1.165, 1.54) is 17.0 Å². The smallest absolute Gasteiger partial charge is 0.324 e. The van der Waals surface area contributed by atoms with E-state index in [1.807, 2.05) is 0 Å². The van der Waals surface area contributed by atoms with Crippen LogP contribution in [0.2, 0.25) is 0 Å². The largest absolute Gasteiger partial charge is 0.380 e. The first kappa shape index (κ1) is 21.5. The molecule has 0 unspecified atom stereocenters. The average molecular weight is 513 g/mol. The molecule has 1 fully saturated rings. The summed E-state index contributed by atoms with van der Waals surface area (Å²) in [5.41, 5.74) is 3.95. The van der Waals surface area contributed by atoms with Crippen LogP contribution in [0.3, 0.4) is 0 Å². The van der Waals surface area contributed by atoms with Gasteiger partial charge in [-0.25, -0.2) is 17.8 Å². The number of carbonyl (C=O) groups excluding carboxylic acids is 2. The summed E-state index contributed by atoms with van der Waals surface area (Å²) in [6.07, 6.45) is 0.755. The normalized spacial score (nSPS) is 14.2. The van der Waals surface area contributed by atoms with Crippen LogP contribution in [0.15, 0.2) is 48.5 Å². The van der Waals surface area contributed by atoms with E-state index in [0.717, 1.165) is 12.0 Å². The third-order valence-corrected chi connectivity index (χ3v) is 4.75. The first-order valence-electron chi connectivity index (χ1n) is 9.15. The van der Waals surface area contributed by atoms with Gasteiger partial charge in [0.05, 0.1) is 13.2 Å². The molecular weight excluding hydrogens is 492 g/mol. The van der Waals surface area contributed by atoms with Gasteiger partial charge in [0.25, 0.3) is 5.91 Å². The van der Waals surface area contributed by atoms with Gasteiger partial charge in [0.15, 0.2) is 0 Å². The highest BCUT2D eigenvalue weighted by Gasteiger charge is 2.24. The first-order valence-corrected chi connectivity index (χ1v) is 10.0. The lowest BCUT2D eigenvalue weighted by Gasteiger charge is -2.30. The van der Waals surface area contributed by atoms with Crippen LogP contribution < -0.4 is 10.4 Å². The molecule has 9 heteroatoms. The van der Waals surface area contributed by atoms with Crippen LogP contribution in [0.4, 0.5) is 14.9 Å². The van der Waals surface area contributed by atoms with Gasteiger partial charge in [0, 0.05) is 30.9 Å². The monoisotopic (exact) mass is 513 g/mol. The molecule has 0 radical (unpaired) electrons. The van der Waals surface area contributed by atoms with Crippen molar-refractivity contribution in [2.75, 3.05) is 31.2 Å². The Bertz CT molecular complexity index is 842. The van der Waals surface area contributed by atoms with Crippen molar-refractivity contribution in [1.29, 1.82) is 0 Å². The Morgan fingerprint density at radius 1 is 1.17 bits per heavy atom. The van der Waals surface area contributed by atoms with Gasteiger partial charge in [-0.15, -0.1) is 0 Å². The van der Waals surface area contributed by atoms with Gasteiger partial charge >= 0.3 is 6.03 Å². The summed E-state index contributed by atoms with van der Waals surface area (Å²) < 4.78 is 23.9. The predicted molar refractivity (Wildman–Crippen MR) is 114 cm³/mol. The fourth-order valence-electron chi connectivity index (χ4n) is 3.06. The van der Waals surface area contributed by atoms with E-state index in [-0.39, 0.29) is 18.5 Å². The number of hydrogen-bond donors (Lipinski definition) is 1. The molecule has 7 nitrogen and oxygen atoms in total. The summed E-state index contributed by atoms with van der Waals surface area (Å²) in [6, 6.07) is 12.6. The Morgan fingerprint density at radius 2 is 1.97 bits per heavy atom. The summed E-state index contributed by atoms with van der Waals surface area (Å²) in [4.78, 5) is 28.3. The summed E-state index contributed by atoms with van der Waals surface area (Å²) >= 11 is 1.57. The van der Waals surface area contributed by atoms with Gasteiger partial charge in [-0.05, 0) is 42.3 Å². The molecule has 0 saturated carbocycles. The Balaban J connectivity index is 1.83. The summed E-state index contributed by atoms with van der Waals surface area (Å²) in [5, 5.41) is 0. The molecule has 29 heavy (non-hydrogen) atoms. The Hall–Kier alpha value is -2.24. The molecule has 0 aliphatic carbocycles. The second-order valence-electron chi connectivity index (χ2n) is 6.51. The van der Waals surface area contributed by atoms with Crippen LogP contribution in [-0.2, 0) is 14.4 Å². The number of hydrogen-bond acceptors (Lipinski definition) is 4.